The molecular weight excluding hydrogens is 297 g/mol. The lowest BCUT2D eigenvalue weighted by atomic mass is 10.1. The zero-order valence-electron chi connectivity index (χ0n) is 10.9. The van der Waals surface area contributed by atoms with Crippen LogP contribution in [0.15, 0.2) is 46.2 Å². The van der Waals surface area contributed by atoms with Gasteiger partial charge in [-0.1, -0.05) is 17.8 Å². The van der Waals surface area contributed by atoms with Gasteiger partial charge >= 0.3 is 5.97 Å². The summed E-state index contributed by atoms with van der Waals surface area (Å²) in [6.07, 6.45) is 0. The number of benzene rings is 2. The predicted octanol–water partition coefficient (Wildman–Crippen LogP) is 3.89. The number of nitro groups is 1. The molecule has 0 bridgehead atoms. The topological polar surface area (TPSA) is 80.4 Å². The highest BCUT2D eigenvalue weighted by atomic mass is 32.2. The zero-order valence-corrected chi connectivity index (χ0v) is 11.7. The van der Waals surface area contributed by atoms with Crippen LogP contribution in [0.1, 0.15) is 15.9 Å². The second-order valence-electron chi connectivity index (χ2n) is 4.29. The lowest BCUT2D eigenvalue weighted by molar-refractivity contribution is -0.385. The van der Waals surface area contributed by atoms with E-state index in [-0.39, 0.29) is 11.3 Å². The van der Waals surface area contributed by atoms with Crippen LogP contribution in [0.4, 0.5) is 10.1 Å². The van der Waals surface area contributed by atoms with E-state index in [1.807, 2.05) is 0 Å². The monoisotopic (exact) mass is 307 g/mol. The second kappa shape index (κ2) is 5.92. The third kappa shape index (κ3) is 3.57. The van der Waals surface area contributed by atoms with Crippen LogP contribution < -0.4 is 0 Å². The summed E-state index contributed by atoms with van der Waals surface area (Å²) in [5.74, 6) is -1.77. The fraction of sp³-hybridized carbons (Fsp3) is 0.0714. The average Bonchev–Trinajstić information content (AvgIpc) is 2.40. The third-order valence-corrected chi connectivity index (χ3v) is 3.70. The van der Waals surface area contributed by atoms with Crippen molar-refractivity contribution in [3.63, 3.8) is 0 Å². The molecule has 0 aromatic heterocycles. The van der Waals surface area contributed by atoms with Crippen molar-refractivity contribution < 1.29 is 19.2 Å². The maximum absolute atomic E-state index is 13.4. The SMILES string of the molecule is Cc1ccc(Sc2cc(F)cc([N+](=O)[O-])c2)cc1C(=O)O. The van der Waals surface area contributed by atoms with Gasteiger partial charge in [0, 0.05) is 15.9 Å². The minimum atomic E-state index is -1.06. The van der Waals surface area contributed by atoms with Crippen LogP contribution in [0.3, 0.4) is 0 Å². The molecule has 2 aromatic carbocycles. The summed E-state index contributed by atoms with van der Waals surface area (Å²) in [6.45, 7) is 1.67. The van der Waals surface area contributed by atoms with E-state index in [1.165, 1.54) is 12.1 Å². The van der Waals surface area contributed by atoms with Crippen LogP contribution in [0.2, 0.25) is 0 Å². The highest BCUT2D eigenvalue weighted by molar-refractivity contribution is 7.99. The van der Waals surface area contributed by atoms with Gasteiger partial charge in [-0.15, -0.1) is 0 Å². The largest absolute Gasteiger partial charge is 0.478 e. The number of nitrogens with zero attached hydrogens (tertiary/aromatic N) is 1. The summed E-state index contributed by atoms with van der Waals surface area (Å²) < 4.78 is 13.4. The van der Waals surface area contributed by atoms with Gasteiger partial charge in [-0.3, -0.25) is 10.1 Å². The summed E-state index contributed by atoms with van der Waals surface area (Å²) in [4.78, 5) is 22.0. The molecule has 1 N–H and O–H groups in total. The van der Waals surface area contributed by atoms with E-state index in [4.69, 9.17) is 5.11 Å². The Kier molecular flexibility index (Phi) is 4.23. The van der Waals surface area contributed by atoms with Crippen LogP contribution in [0.5, 0.6) is 0 Å². The molecule has 0 saturated carbocycles. The number of aryl methyl sites for hydroxylation is 1. The molecule has 0 unspecified atom stereocenters. The van der Waals surface area contributed by atoms with Crippen LogP contribution in [0, 0.1) is 22.9 Å². The van der Waals surface area contributed by atoms with Crippen LogP contribution in [-0.2, 0) is 0 Å². The zero-order chi connectivity index (χ0) is 15.6. The Morgan fingerprint density at radius 1 is 1.24 bits per heavy atom. The van der Waals surface area contributed by atoms with E-state index >= 15 is 0 Å². The van der Waals surface area contributed by atoms with Crippen molar-refractivity contribution in [2.75, 3.05) is 0 Å². The highest BCUT2D eigenvalue weighted by Crippen LogP contribution is 2.32. The Labute approximate surface area is 123 Å². The average molecular weight is 307 g/mol. The molecule has 2 rings (SSSR count). The first-order chi connectivity index (χ1) is 9.86. The molecular formula is C14H10FNO4S. The molecule has 0 aliphatic heterocycles. The Hall–Kier alpha value is -2.41. The minimum absolute atomic E-state index is 0.144. The molecule has 2 aromatic rings. The Bertz CT molecular complexity index is 733. The maximum Gasteiger partial charge on any atom is 0.335 e. The molecule has 0 heterocycles. The van der Waals surface area contributed by atoms with E-state index in [0.29, 0.717) is 15.4 Å². The van der Waals surface area contributed by atoms with Gasteiger partial charge in [-0.05, 0) is 30.7 Å². The van der Waals surface area contributed by atoms with Gasteiger partial charge < -0.3 is 5.11 Å². The van der Waals surface area contributed by atoms with E-state index < -0.39 is 16.7 Å². The van der Waals surface area contributed by atoms with Crippen LogP contribution >= 0.6 is 11.8 Å². The summed E-state index contributed by atoms with van der Waals surface area (Å²) in [6, 6.07) is 8.02. The third-order valence-electron chi connectivity index (χ3n) is 2.74. The number of aromatic carboxylic acids is 1. The van der Waals surface area contributed by atoms with E-state index in [2.05, 4.69) is 0 Å². The molecule has 0 atom stereocenters. The lowest BCUT2D eigenvalue weighted by Crippen LogP contribution is -1.99. The van der Waals surface area contributed by atoms with Gasteiger partial charge in [-0.2, -0.15) is 0 Å². The maximum atomic E-state index is 13.4. The lowest BCUT2D eigenvalue weighted by Gasteiger charge is -2.06. The fourth-order valence-electron chi connectivity index (χ4n) is 1.74. The van der Waals surface area contributed by atoms with Gasteiger partial charge in [0.05, 0.1) is 16.6 Å². The van der Waals surface area contributed by atoms with Crippen molar-refractivity contribution >= 4 is 23.4 Å². The quantitative estimate of drug-likeness (QED) is 0.684. The Morgan fingerprint density at radius 3 is 2.57 bits per heavy atom. The highest BCUT2D eigenvalue weighted by Gasteiger charge is 2.12. The summed E-state index contributed by atoms with van der Waals surface area (Å²) in [5.41, 5.74) is 0.408. The first-order valence-electron chi connectivity index (χ1n) is 5.83. The van der Waals surface area contributed by atoms with Gasteiger partial charge in [0.25, 0.3) is 5.69 Å². The fourth-order valence-corrected chi connectivity index (χ4v) is 2.68. The molecule has 0 amide bonds. The molecule has 0 aliphatic carbocycles. The van der Waals surface area contributed by atoms with E-state index in [9.17, 15) is 19.3 Å². The minimum Gasteiger partial charge on any atom is -0.478 e. The summed E-state index contributed by atoms with van der Waals surface area (Å²) in [7, 11) is 0. The predicted molar refractivity (Wildman–Crippen MR) is 75.3 cm³/mol. The van der Waals surface area contributed by atoms with Crippen LogP contribution in [0.25, 0.3) is 0 Å². The molecule has 0 spiro atoms. The number of hydrogen-bond donors (Lipinski definition) is 1. The molecule has 0 aliphatic rings. The number of hydrogen-bond acceptors (Lipinski definition) is 4. The number of carboxylic acid groups (broad SMARTS) is 1. The molecule has 0 radical (unpaired) electrons. The second-order valence-corrected chi connectivity index (χ2v) is 5.43. The van der Waals surface area contributed by atoms with Crippen molar-refractivity contribution in [1.29, 1.82) is 0 Å². The molecule has 5 nitrogen and oxygen atoms in total. The molecule has 108 valence electrons. The van der Waals surface area contributed by atoms with Crippen molar-refractivity contribution in [1.82, 2.24) is 0 Å². The van der Waals surface area contributed by atoms with Crippen molar-refractivity contribution in [2.24, 2.45) is 0 Å². The van der Waals surface area contributed by atoms with Gasteiger partial charge in [-0.25, -0.2) is 9.18 Å². The number of nitro benzene ring substituents is 1. The standard InChI is InChI=1S/C14H10FNO4S/c1-8-2-3-11(7-13(8)14(17)18)21-12-5-9(15)4-10(6-12)16(19)20/h2-7H,1H3,(H,17,18). The van der Waals surface area contributed by atoms with Crippen molar-refractivity contribution in [3.8, 4) is 0 Å². The summed E-state index contributed by atoms with van der Waals surface area (Å²) in [5, 5.41) is 19.8. The van der Waals surface area contributed by atoms with E-state index in [0.717, 1.165) is 23.9 Å². The number of halogens is 1. The first-order valence-corrected chi connectivity index (χ1v) is 6.65. The Balaban J connectivity index is 2.36. The first kappa shape index (κ1) is 15.0. The van der Waals surface area contributed by atoms with Crippen LogP contribution in [-0.4, -0.2) is 16.0 Å². The van der Waals surface area contributed by atoms with Gasteiger partial charge in [0.15, 0.2) is 0 Å². The van der Waals surface area contributed by atoms with Gasteiger partial charge in [0.1, 0.15) is 5.82 Å². The summed E-state index contributed by atoms with van der Waals surface area (Å²) >= 11 is 1.07. The number of carbonyl (C=O) groups is 1. The number of rotatable bonds is 4. The molecule has 0 saturated heterocycles. The van der Waals surface area contributed by atoms with Crippen molar-refractivity contribution in [2.45, 2.75) is 16.7 Å². The normalized spacial score (nSPS) is 10.4. The molecule has 21 heavy (non-hydrogen) atoms. The molecule has 0 fully saturated rings. The molecule has 7 heteroatoms. The van der Waals surface area contributed by atoms with Gasteiger partial charge in [0.2, 0.25) is 0 Å². The van der Waals surface area contributed by atoms with Crippen molar-refractivity contribution in [3.05, 3.63) is 63.5 Å². The number of non-ortho nitro benzene ring substituents is 1. The number of carboxylic acids is 1. The van der Waals surface area contributed by atoms with E-state index in [1.54, 1.807) is 19.1 Å². The smallest absolute Gasteiger partial charge is 0.335 e. The Morgan fingerprint density at radius 2 is 1.95 bits per heavy atom.